The first-order valence-corrected chi connectivity index (χ1v) is 7.70. The predicted octanol–water partition coefficient (Wildman–Crippen LogP) is 3.90. The molecule has 0 aliphatic rings. The summed E-state index contributed by atoms with van der Waals surface area (Å²) in [5, 5.41) is 13.4. The Hall–Kier alpha value is -1.04. The molecule has 0 spiro atoms. The van der Waals surface area contributed by atoms with Gasteiger partial charge in [0.25, 0.3) is 0 Å². The van der Waals surface area contributed by atoms with Gasteiger partial charge in [-0.2, -0.15) is 0 Å². The zero-order valence-electron chi connectivity index (χ0n) is 10.6. The third-order valence-corrected chi connectivity index (χ3v) is 4.25. The summed E-state index contributed by atoms with van der Waals surface area (Å²) in [5.41, 5.74) is 0.849. The highest BCUT2D eigenvalue weighted by Crippen LogP contribution is 2.29. The smallest absolute Gasteiger partial charge is 0.162 e. The normalized spacial score (nSPS) is 10.6. The second-order valence-corrected chi connectivity index (χ2v) is 6.55. The fourth-order valence-electron chi connectivity index (χ4n) is 1.75. The van der Waals surface area contributed by atoms with E-state index in [1.54, 1.807) is 17.4 Å². The Morgan fingerprint density at radius 2 is 2.11 bits per heavy atom. The highest BCUT2D eigenvalue weighted by Gasteiger charge is 2.07. The van der Waals surface area contributed by atoms with Crippen molar-refractivity contribution < 1.29 is 9.84 Å². The summed E-state index contributed by atoms with van der Waals surface area (Å²) in [4.78, 5) is 1.26. The number of phenols is 1. The number of halogens is 1. The number of aromatic hydroxyl groups is 1. The highest BCUT2D eigenvalue weighted by molar-refractivity contribution is 9.11. The zero-order valence-corrected chi connectivity index (χ0v) is 13.1. The second-order valence-electron chi connectivity index (χ2n) is 4.01. The van der Waals surface area contributed by atoms with Crippen LogP contribution in [0.1, 0.15) is 17.4 Å². The molecule has 0 fully saturated rings. The molecule has 2 aromatic rings. The van der Waals surface area contributed by atoms with E-state index in [0.717, 1.165) is 15.9 Å². The lowest BCUT2D eigenvalue weighted by Gasteiger charge is -2.10. The van der Waals surface area contributed by atoms with Gasteiger partial charge in [0.05, 0.1) is 10.4 Å². The van der Waals surface area contributed by atoms with Crippen LogP contribution in [0.15, 0.2) is 34.1 Å². The molecule has 0 saturated carbocycles. The number of ether oxygens (including phenoxy) is 1. The topological polar surface area (TPSA) is 41.5 Å². The van der Waals surface area contributed by atoms with Crippen LogP contribution in [-0.2, 0) is 13.1 Å². The third-order valence-electron chi connectivity index (χ3n) is 2.63. The Morgan fingerprint density at radius 3 is 2.79 bits per heavy atom. The standard InChI is InChI=1S/C14H16BrNO2S/c1-2-18-12-5-3-4-10(14(12)17)8-16-9-11-6-7-13(15)19-11/h3-7,16-17H,2,8-9H2,1H3. The summed E-state index contributed by atoms with van der Waals surface area (Å²) in [7, 11) is 0. The Morgan fingerprint density at radius 1 is 1.26 bits per heavy atom. The van der Waals surface area contributed by atoms with Crippen molar-refractivity contribution >= 4 is 27.3 Å². The number of benzene rings is 1. The molecule has 0 radical (unpaired) electrons. The molecule has 102 valence electrons. The molecule has 1 heterocycles. The van der Waals surface area contributed by atoms with Crippen molar-refractivity contribution in [1.29, 1.82) is 0 Å². The number of para-hydroxylation sites is 1. The van der Waals surface area contributed by atoms with Crippen molar-refractivity contribution in [3.05, 3.63) is 44.6 Å². The minimum Gasteiger partial charge on any atom is -0.504 e. The molecule has 0 unspecified atom stereocenters. The number of phenolic OH excluding ortho intramolecular Hbond substituents is 1. The van der Waals surface area contributed by atoms with Gasteiger partial charge in [-0.05, 0) is 41.1 Å². The molecular formula is C14H16BrNO2S. The molecule has 0 amide bonds. The number of hydrogen-bond donors (Lipinski definition) is 2. The van der Waals surface area contributed by atoms with Gasteiger partial charge >= 0.3 is 0 Å². The fraction of sp³-hybridized carbons (Fsp3) is 0.286. The van der Waals surface area contributed by atoms with Crippen molar-refractivity contribution in [2.75, 3.05) is 6.61 Å². The van der Waals surface area contributed by atoms with Gasteiger partial charge in [0.2, 0.25) is 0 Å². The molecule has 0 saturated heterocycles. The van der Waals surface area contributed by atoms with Gasteiger partial charge in [0.15, 0.2) is 11.5 Å². The lowest BCUT2D eigenvalue weighted by molar-refractivity contribution is 0.316. The van der Waals surface area contributed by atoms with Crippen LogP contribution in [0.5, 0.6) is 11.5 Å². The molecule has 19 heavy (non-hydrogen) atoms. The predicted molar refractivity (Wildman–Crippen MR) is 81.8 cm³/mol. The lowest BCUT2D eigenvalue weighted by atomic mass is 10.2. The van der Waals surface area contributed by atoms with Crippen LogP contribution in [-0.4, -0.2) is 11.7 Å². The van der Waals surface area contributed by atoms with E-state index in [4.69, 9.17) is 4.74 Å². The number of thiophene rings is 1. The SMILES string of the molecule is CCOc1cccc(CNCc2ccc(Br)s2)c1O. The minimum atomic E-state index is 0.226. The maximum atomic E-state index is 10.1. The summed E-state index contributed by atoms with van der Waals surface area (Å²) >= 11 is 5.15. The van der Waals surface area contributed by atoms with Crippen LogP contribution < -0.4 is 10.1 Å². The molecule has 0 aliphatic heterocycles. The van der Waals surface area contributed by atoms with E-state index in [1.807, 2.05) is 25.1 Å². The largest absolute Gasteiger partial charge is 0.504 e. The number of rotatable bonds is 6. The van der Waals surface area contributed by atoms with Gasteiger partial charge in [0.1, 0.15) is 0 Å². The van der Waals surface area contributed by atoms with Gasteiger partial charge in [-0.1, -0.05) is 12.1 Å². The Balaban J connectivity index is 1.94. The van der Waals surface area contributed by atoms with Crippen LogP contribution in [0.25, 0.3) is 0 Å². The van der Waals surface area contributed by atoms with E-state index < -0.39 is 0 Å². The minimum absolute atomic E-state index is 0.226. The average Bonchev–Trinajstić information content (AvgIpc) is 2.80. The van der Waals surface area contributed by atoms with Gasteiger partial charge in [-0.25, -0.2) is 0 Å². The van der Waals surface area contributed by atoms with E-state index in [0.29, 0.717) is 18.9 Å². The van der Waals surface area contributed by atoms with Crippen molar-refractivity contribution in [3.63, 3.8) is 0 Å². The Kier molecular flexibility index (Phi) is 5.24. The molecule has 3 nitrogen and oxygen atoms in total. The van der Waals surface area contributed by atoms with Crippen molar-refractivity contribution in [2.24, 2.45) is 0 Å². The molecule has 0 aliphatic carbocycles. The van der Waals surface area contributed by atoms with E-state index in [9.17, 15) is 5.11 Å². The van der Waals surface area contributed by atoms with E-state index in [2.05, 4.69) is 27.3 Å². The summed E-state index contributed by atoms with van der Waals surface area (Å²) in [6, 6.07) is 9.68. The molecular weight excluding hydrogens is 326 g/mol. The molecule has 1 aromatic carbocycles. The van der Waals surface area contributed by atoms with Crippen LogP contribution in [0.4, 0.5) is 0 Å². The van der Waals surface area contributed by atoms with Crippen LogP contribution in [0, 0.1) is 0 Å². The molecule has 1 aromatic heterocycles. The van der Waals surface area contributed by atoms with Gasteiger partial charge in [-0.15, -0.1) is 11.3 Å². The first kappa shape index (κ1) is 14.4. The molecule has 5 heteroatoms. The number of nitrogens with one attached hydrogen (secondary N) is 1. The van der Waals surface area contributed by atoms with Gasteiger partial charge in [-0.3, -0.25) is 0 Å². The summed E-state index contributed by atoms with van der Waals surface area (Å²) in [5.74, 6) is 0.768. The van der Waals surface area contributed by atoms with Crippen LogP contribution in [0.2, 0.25) is 0 Å². The summed E-state index contributed by atoms with van der Waals surface area (Å²) in [6.07, 6.45) is 0. The first-order valence-electron chi connectivity index (χ1n) is 6.09. The highest BCUT2D eigenvalue weighted by atomic mass is 79.9. The van der Waals surface area contributed by atoms with Gasteiger partial charge in [0, 0.05) is 23.5 Å². The maximum Gasteiger partial charge on any atom is 0.162 e. The maximum absolute atomic E-state index is 10.1. The molecule has 2 rings (SSSR count). The first-order chi connectivity index (χ1) is 9.20. The summed E-state index contributed by atoms with van der Waals surface area (Å²) < 4.78 is 6.49. The lowest BCUT2D eigenvalue weighted by Crippen LogP contribution is -2.12. The quantitative estimate of drug-likeness (QED) is 0.836. The summed E-state index contributed by atoms with van der Waals surface area (Å²) in [6.45, 7) is 3.85. The fourth-order valence-corrected chi connectivity index (χ4v) is 3.20. The third kappa shape index (κ3) is 3.96. The van der Waals surface area contributed by atoms with E-state index in [-0.39, 0.29) is 5.75 Å². The average molecular weight is 342 g/mol. The molecule has 0 atom stereocenters. The number of hydrogen-bond acceptors (Lipinski definition) is 4. The van der Waals surface area contributed by atoms with E-state index >= 15 is 0 Å². The van der Waals surface area contributed by atoms with Crippen molar-refractivity contribution in [2.45, 2.75) is 20.0 Å². The van der Waals surface area contributed by atoms with Crippen LogP contribution in [0.3, 0.4) is 0 Å². The van der Waals surface area contributed by atoms with Crippen LogP contribution >= 0.6 is 27.3 Å². The van der Waals surface area contributed by atoms with E-state index in [1.165, 1.54) is 4.88 Å². The van der Waals surface area contributed by atoms with Gasteiger partial charge < -0.3 is 15.2 Å². The monoisotopic (exact) mass is 341 g/mol. The Labute approximate surface area is 125 Å². The van der Waals surface area contributed by atoms with Crippen molar-refractivity contribution in [1.82, 2.24) is 5.32 Å². The van der Waals surface area contributed by atoms with Crippen molar-refractivity contribution in [3.8, 4) is 11.5 Å². The zero-order chi connectivity index (χ0) is 13.7. The second kappa shape index (κ2) is 6.93. The molecule has 0 bridgehead atoms. The Bertz CT molecular complexity index is 542. The molecule has 2 N–H and O–H groups in total.